The quantitative estimate of drug-likeness (QED) is 0.784. The summed E-state index contributed by atoms with van der Waals surface area (Å²) < 4.78 is 0. The van der Waals surface area contributed by atoms with E-state index in [1.54, 1.807) is 6.20 Å². The Morgan fingerprint density at radius 3 is 3.00 bits per heavy atom. The maximum atomic E-state index is 9.03. The van der Waals surface area contributed by atoms with Crippen LogP contribution in [0.15, 0.2) is 24.4 Å². The first kappa shape index (κ1) is 9.56. The maximum absolute atomic E-state index is 9.03. The molecule has 0 aliphatic rings. The minimum Gasteiger partial charge on any atom is -0.396 e. The average Bonchev–Trinajstić information content (AvgIpc) is 2.59. The van der Waals surface area contributed by atoms with E-state index in [1.165, 1.54) is 0 Å². The van der Waals surface area contributed by atoms with Gasteiger partial charge in [-0.1, -0.05) is 30.7 Å². The summed E-state index contributed by atoms with van der Waals surface area (Å²) in [5.74, 6) is 0.168. The van der Waals surface area contributed by atoms with E-state index >= 15 is 0 Å². The van der Waals surface area contributed by atoms with E-state index in [0.717, 1.165) is 21.5 Å². The molecular formula is C11H12ClNO. The molecule has 74 valence electrons. The van der Waals surface area contributed by atoms with Crippen LogP contribution in [0.1, 0.15) is 18.4 Å². The molecule has 0 spiro atoms. The van der Waals surface area contributed by atoms with Crippen LogP contribution in [0.25, 0.3) is 10.9 Å². The van der Waals surface area contributed by atoms with Gasteiger partial charge in [-0.25, -0.2) is 0 Å². The molecule has 0 amide bonds. The molecule has 2 nitrogen and oxygen atoms in total. The number of nitrogens with one attached hydrogen (secondary N) is 1. The number of benzene rings is 1. The Hall–Kier alpha value is -0.990. The largest absolute Gasteiger partial charge is 0.396 e. The zero-order valence-corrected chi connectivity index (χ0v) is 8.67. The van der Waals surface area contributed by atoms with Gasteiger partial charge in [0.05, 0.1) is 5.02 Å². The predicted molar refractivity (Wildman–Crippen MR) is 58.8 cm³/mol. The van der Waals surface area contributed by atoms with Crippen molar-refractivity contribution in [1.82, 2.24) is 4.98 Å². The molecule has 0 saturated heterocycles. The van der Waals surface area contributed by atoms with Crippen LogP contribution in [-0.2, 0) is 0 Å². The number of halogens is 1. The van der Waals surface area contributed by atoms with Crippen molar-refractivity contribution in [2.45, 2.75) is 12.8 Å². The van der Waals surface area contributed by atoms with Crippen molar-refractivity contribution in [3.63, 3.8) is 0 Å². The van der Waals surface area contributed by atoms with E-state index < -0.39 is 0 Å². The number of aliphatic hydroxyl groups excluding tert-OH is 1. The third kappa shape index (κ3) is 1.51. The highest BCUT2D eigenvalue weighted by Crippen LogP contribution is 2.26. The van der Waals surface area contributed by atoms with Crippen LogP contribution in [0.4, 0.5) is 0 Å². The standard InChI is InChI=1S/C11H12ClNO/c1-7(6-14)8-2-3-9-10(12)5-13-11(9)4-8/h2-5,7,13-14H,6H2,1H3. The van der Waals surface area contributed by atoms with Crippen LogP contribution in [0, 0.1) is 0 Å². The van der Waals surface area contributed by atoms with Crippen LogP contribution < -0.4 is 0 Å². The van der Waals surface area contributed by atoms with Gasteiger partial charge in [0.15, 0.2) is 0 Å². The Morgan fingerprint density at radius 2 is 2.29 bits per heavy atom. The predicted octanol–water partition coefficient (Wildman–Crippen LogP) is 2.92. The van der Waals surface area contributed by atoms with Gasteiger partial charge in [-0.15, -0.1) is 0 Å². The molecule has 1 unspecified atom stereocenters. The van der Waals surface area contributed by atoms with E-state index in [9.17, 15) is 0 Å². The van der Waals surface area contributed by atoms with Crippen molar-refractivity contribution in [3.05, 3.63) is 35.0 Å². The zero-order valence-electron chi connectivity index (χ0n) is 7.92. The number of hydrogen-bond donors (Lipinski definition) is 2. The number of rotatable bonds is 2. The fourth-order valence-corrected chi connectivity index (χ4v) is 1.74. The van der Waals surface area contributed by atoms with Crippen LogP contribution in [-0.4, -0.2) is 16.7 Å². The Bertz CT molecular complexity index is 449. The molecule has 1 heterocycles. The third-order valence-corrected chi connectivity index (χ3v) is 2.81. The van der Waals surface area contributed by atoms with Gasteiger partial charge in [0.25, 0.3) is 0 Å². The second-order valence-electron chi connectivity index (χ2n) is 3.53. The summed E-state index contributed by atoms with van der Waals surface area (Å²) in [6.45, 7) is 2.16. The Kier molecular flexibility index (Phi) is 2.48. The Balaban J connectivity index is 2.52. The first-order valence-corrected chi connectivity index (χ1v) is 4.97. The molecule has 0 aliphatic heterocycles. The number of fused-ring (bicyclic) bond motifs is 1. The lowest BCUT2D eigenvalue weighted by atomic mass is 10.0. The lowest BCUT2D eigenvalue weighted by Crippen LogP contribution is -1.98. The van der Waals surface area contributed by atoms with E-state index in [-0.39, 0.29) is 12.5 Å². The van der Waals surface area contributed by atoms with Crippen LogP contribution in [0.2, 0.25) is 5.02 Å². The molecule has 2 aromatic rings. The van der Waals surface area contributed by atoms with Crippen molar-refractivity contribution in [3.8, 4) is 0 Å². The second kappa shape index (κ2) is 3.64. The molecule has 0 saturated carbocycles. The summed E-state index contributed by atoms with van der Waals surface area (Å²) in [6, 6.07) is 6.01. The number of hydrogen-bond acceptors (Lipinski definition) is 1. The molecule has 2 rings (SSSR count). The normalized spacial score (nSPS) is 13.4. The van der Waals surface area contributed by atoms with Gasteiger partial charge < -0.3 is 10.1 Å². The molecule has 14 heavy (non-hydrogen) atoms. The molecule has 0 radical (unpaired) electrons. The Morgan fingerprint density at radius 1 is 1.50 bits per heavy atom. The van der Waals surface area contributed by atoms with Gasteiger partial charge in [-0.2, -0.15) is 0 Å². The van der Waals surface area contributed by atoms with Gasteiger partial charge in [0.1, 0.15) is 0 Å². The number of aromatic nitrogens is 1. The monoisotopic (exact) mass is 209 g/mol. The zero-order chi connectivity index (χ0) is 10.1. The highest BCUT2D eigenvalue weighted by molar-refractivity contribution is 6.35. The van der Waals surface area contributed by atoms with E-state index in [4.69, 9.17) is 16.7 Å². The summed E-state index contributed by atoms with van der Waals surface area (Å²) in [7, 11) is 0. The molecule has 0 bridgehead atoms. The van der Waals surface area contributed by atoms with Crippen molar-refractivity contribution in [2.24, 2.45) is 0 Å². The van der Waals surface area contributed by atoms with Gasteiger partial charge in [-0.3, -0.25) is 0 Å². The fraction of sp³-hybridized carbons (Fsp3) is 0.273. The van der Waals surface area contributed by atoms with Gasteiger partial charge in [0.2, 0.25) is 0 Å². The smallest absolute Gasteiger partial charge is 0.0659 e. The van der Waals surface area contributed by atoms with E-state index in [2.05, 4.69) is 4.98 Å². The van der Waals surface area contributed by atoms with Crippen molar-refractivity contribution in [2.75, 3.05) is 6.61 Å². The first-order chi connectivity index (χ1) is 6.72. The summed E-state index contributed by atoms with van der Waals surface area (Å²) >= 11 is 5.96. The molecule has 1 atom stereocenters. The molecule has 1 aromatic heterocycles. The molecule has 0 fully saturated rings. The van der Waals surface area contributed by atoms with Crippen molar-refractivity contribution >= 4 is 22.5 Å². The molecule has 1 aromatic carbocycles. The summed E-state index contributed by atoms with van der Waals surface area (Å²) in [5.41, 5.74) is 2.14. The highest BCUT2D eigenvalue weighted by Gasteiger charge is 2.06. The van der Waals surface area contributed by atoms with Crippen molar-refractivity contribution < 1.29 is 5.11 Å². The van der Waals surface area contributed by atoms with Gasteiger partial charge >= 0.3 is 0 Å². The van der Waals surface area contributed by atoms with Crippen LogP contribution in [0.5, 0.6) is 0 Å². The van der Waals surface area contributed by atoms with Gasteiger partial charge in [-0.05, 0) is 11.6 Å². The summed E-state index contributed by atoms with van der Waals surface area (Å²) in [6.07, 6.45) is 1.78. The molecular weight excluding hydrogens is 198 g/mol. The second-order valence-corrected chi connectivity index (χ2v) is 3.93. The number of aliphatic hydroxyl groups is 1. The SMILES string of the molecule is CC(CO)c1ccc2c(Cl)c[nH]c2c1. The molecule has 0 aliphatic carbocycles. The molecule has 2 N–H and O–H groups in total. The topological polar surface area (TPSA) is 36.0 Å². The van der Waals surface area contributed by atoms with E-state index in [1.807, 2.05) is 25.1 Å². The number of H-pyrrole nitrogens is 1. The van der Waals surface area contributed by atoms with Crippen LogP contribution in [0.3, 0.4) is 0 Å². The maximum Gasteiger partial charge on any atom is 0.0659 e. The van der Waals surface area contributed by atoms with Crippen LogP contribution >= 0.6 is 11.6 Å². The third-order valence-electron chi connectivity index (χ3n) is 2.50. The number of aromatic amines is 1. The first-order valence-electron chi connectivity index (χ1n) is 4.59. The average molecular weight is 210 g/mol. The van der Waals surface area contributed by atoms with E-state index in [0.29, 0.717) is 0 Å². The fourth-order valence-electron chi connectivity index (χ4n) is 1.52. The lowest BCUT2D eigenvalue weighted by Gasteiger charge is -2.07. The highest BCUT2D eigenvalue weighted by atomic mass is 35.5. The Labute approximate surface area is 87.5 Å². The van der Waals surface area contributed by atoms with Crippen molar-refractivity contribution in [1.29, 1.82) is 0 Å². The lowest BCUT2D eigenvalue weighted by molar-refractivity contribution is 0.273. The summed E-state index contributed by atoms with van der Waals surface area (Å²) in [4.78, 5) is 3.09. The minimum absolute atomic E-state index is 0.167. The van der Waals surface area contributed by atoms with Gasteiger partial charge in [0, 0.05) is 29.6 Å². The summed E-state index contributed by atoms with van der Waals surface area (Å²) in [5, 5.41) is 10.8. The molecule has 3 heteroatoms. The minimum atomic E-state index is 0.167.